The Kier molecular flexibility index (Phi) is 6.31. The van der Waals surface area contributed by atoms with E-state index in [-0.39, 0.29) is 24.5 Å². The lowest BCUT2D eigenvalue weighted by atomic mass is 10.1. The molecule has 5 heteroatoms. The minimum Gasteiger partial charge on any atom is -0.480 e. The molecule has 1 rings (SSSR count). The summed E-state index contributed by atoms with van der Waals surface area (Å²) >= 11 is 3.35. The number of aliphatic hydroxyl groups is 1. The lowest BCUT2D eigenvalue weighted by molar-refractivity contribution is -0.130. The molecule has 0 fully saturated rings. The summed E-state index contributed by atoms with van der Waals surface area (Å²) in [7, 11) is 0. The van der Waals surface area contributed by atoms with Crippen LogP contribution in [0.4, 0.5) is 0 Å². The number of halogens is 1. The van der Waals surface area contributed by atoms with E-state index in [9.17, 15) is 4.79 Å². The second-order valence-electron chi connectivity index (χ2n) is 4.83. The number of nitrogens with one attached hydrogen (secondary N) is 1. The Bertz CT molecular complexity index is 406. The Hall–Kier alpha value is -1.07. The maximum Gasteiger partial charge on any atom is 0.261 e. The highest BCUT2D eigenvalue weighted by Crippen LogP contribution is 2.19. The van der Waals surface area contributed by atoms with Gasteiger partial charge in [-0.1, -0.05) is 29.8 Å². The molecule has 1 aromatic rings. The molecule has 1 amide bonds. The molecular weight excluding hydrogens is 310 g/mol. The van der Waals surface area contributed by atoms with Crippen molar-refractivity contribution in [3.8, 4) is 5.75 Å². The van der Waals surface area contributed by atoms with Gasteiger partial charge in [-0.05, 0) is 37.1 Å². The number of ether oxygens (including phenoxy) is 1. The zero-order valence-electron chi connectivity index (χ0n) is 11.4. The van der Waals surface area contributed by atoms with Crippen LogP contribution >= 0.6 is 15.9 Å². The quantitative estimate of drug-likeness (QED) is 0.842. The van der Waals surface area contributed by atoms with E-state index in [4.69, 9.17) is 9.84 Å². The van der Waals surface area contributed by atoms with E-state index >= 15 is 0 Å². The van der Waals surface area contributed by atoms with Gasteiger partial charge < -0.3 is 15.2 Å². The number of amides is 1. The fourth-order valence-corrected chi connectivity index (χ4v) is 1.79. The van der Waals surface area contributed by atoms with Gasteiger partial charge in [0, 0.05) is 10.5 Å². The molecule has 2 N–H and O–H groups in total. The Morgan fingerprint density at radius 2 is 1.89 bits per heavy atom. The number of carbonyl (C=O) groups excluding carboxylic acids is 1. The van der Waals surface area contributed by atoms with Crippen LogP contribution in [0.1, 0.15) is 20.8 Å². The summed E-state index contributed by atoms with van der Waals surface area (Å²) in [5.74, 6) is 0.475. The maximum absolute atomic E-state index is 12.1. The molecule has 0 spiro atoms. The van der Waals surface area contributed by atoms with Gasteiger partial charge in [-0.25, -0.2) is 0 Å². The summed E-state index contributed by atoms with van der Waals surface area (Å²) in [6.45, 7) is 5.50. The van der Waals surface area contributed by atoms with Gasteiger partial charge in [0.2, 0.25) is 0 Å². The van der Waals surface area contributed by atoms with Gasteiger partial charge in [0.15, 0.2) is 6.10 Å². The minimum atomic E-state index is -0.574. The molecule has 0 heterocycles. The second kappa shape index (κ2) is 7.50. The Morgan fingerprint density at radius 1 is 1.32 bits per heavy atom. The molecular formula is C14H20BrNO3. The SMILES string of the molecule is CC(CO)NC(=O)C(Oc1ccc(Br)cc1)C(C)C. The molecule has 2 atom stereocenters. The normalized spacial score (nSPS) is 14.0. The molecule has 4 nitrogen and oxygen atoms in total. The third-order valence-electron chi connectivity index (χ3n) is 2.60. The van der Waals surface area contributed by atoms with Crippen LogP contribution < -0.4 is 10.1 Å². The average molecular weight is 330 g/mol. The first-order valence-electron chi connectivity index (χ1n) is 6.27. The van der Waals surface area contributed by atoms with Crippen molar-refractivity contribution in [2.45, 2.75) is 32.9 Å². The molecule has 19 heavy (non-hydrogen) atoms. The highest BCUT2D eigenvalue weighted by molar-refractivity contribution is 9.10. The van der Waals surface area contributed by atoms with Crippen molar-refractivity contribution in [2.24, 2.45) is 5.92 Å². The fourth-order valence-electron chi connectivity index (χ4n) is 1.52. The molecule has 0 aliphatic heterocycles. The third-order valence-corrected chi connectivity index (χ3v) is 3.13. The number of hydrogen-bond donors (Lipinski definition) is 2. The Morgan fingerprint density at radius 3 is 2.37 bits per heavy atom. The average Bonchev–Trinajstić information content (AvgIpc) is 2.37. The molecule has 1 aromatic carbocycles. The van der Waals surface area contributed by atoms with E-state index in [0.29, 0.717) is 5.75 Å². The van der Waals surface area contributed by atoms with Crippen molar-refractivity contribution in [2.75, 3.05) is 6.61 Å². The summed E-state index contributed by atoms with van der Waals surface area (Å²) in [6.07, 6.45) is -0.574. The zero-order valence-corrected chi connectivity index (χ0v) is 13.0. The standard InChI is InChI=1S/C14H20BrNO3/c1-9(2)13(14(18)16-10(3)8-17)19-12-6-4-11(15)5-7-12/h4-7,9-10,13,17H,8H2,1-3H3,(H,16,18). The molecule has 0 saturated carbocycles. The molecule has 106 valence electrons. The predicted molar refractivity (Wildman–Crippen MR) is 78.1 cm³/mol. The second-order valence-corrected chi connectivity index (χ2v) is 5.74. The van der Waals surface area contributed by atoms with Crippen LogP contribution in [0.2, 0.25) is 0 Å². The Labute approximate surface area is 122 Å². The lowest BCUT2D eigenvalue weighted by Gasteiger charge is -2.23. The highest BCUT2D eigenvalue weighted by Gasteiger charge is 2.25. The summed E-state index contributed by atoms with van der Waals surface area (Å²) in [5.41, 5.74) is 0. The minimum absolute atomic E-state index is 0.0366. The number of aliphatic hydroxyl groups excluding tert-OH is 1. The summed E-state index contributed by atoms with van der Waals surface area (Å²) < 4.78 is 6.68. The highest BCUT2D eigenvalue weighted by atomic mass is 79.9. The topological polar surface area (TPSA) is 58.6 Å². The van der Waals surface area contributed by atoms with Crippen LogP contribution in [-0.4, -0.2) is 29.8 Å². The maximum atomic E-state index is 12.1. The predicted octanol–water partition coefficient (Wildman–Crippen LogP) is 2.35. The van der Waals surface area contributed by atoms with E-state index < -0.39 is 6.10 Å². The van der Waals surface area contributed by atoms with E-state index in [2.05, 4.69) is 21.2 Å². The van der Waals surface area contributed by atoms with Gasteiger partial charge in [0.1, 0.15) is 5.75 Å². The molecule has 0 aliphatic rings. The van der Waals surface area contributed by atoms with Gasteiger partial charge in [0.25, 0.3) is 5.91 Å². The summed E-state index contributed by atoms with van der Waals surface area (Å²) in [5, 5.41) is 11.7. The van der Waals surface area contributed by atoms with Gasteiger partial charge in [-0.2, -0.15) is 0 Å². The van der Waals surface area contributed by atoms with Gasteiger partial charge in [-0.15, -0.1) is 0 Å². The van der Waals surface area contributed by atoms with Crippen molar-refractivity contribution < 1.29 is 14.6 Å². The van der Waals surface area contributed by atoms with Crippen LogP contribution in [0.25, 0.3) is 0 Å². The van der Waals surface area contributed by atoms with Crippen LogP contribution in [-0.2, 0) is 4.79 Å². The third kappa shape index (κ3) is 5.20. The molecule has 0 radical (unpaired) electrons. The van der Waals surface area contributed by atoms with Crippen LogP contribution in [0.5, 0.6) is 5.75 Å². The number of hydrogen-bond acceptors (Lipinski definition) is 3. The van der Waals surface area contributed by atoms with Crippen LogP contribution in [0.15, 0.2) is 28.7 Å². The zero-order chi connectivity index (χ0) is 14.4. The van der Waals surface area contributed by atoms with E-state index in [0.717, 1.165) is 4.47 Å². The first kappa shape index (κ1) is 16.0. The van der Waals surface area contributed by atoms with Crippen molar-refractivity contribution in [1.29, 1.82) is 0 Å². The van der Waals surface area contributed by atoms with E-state index in [1.807, 2.05) is 38.1 Å². The number of benzene rings is 1. The summed E-state index contributed by atoms with van der Waals surface area (Å²) in [6, 6.07) is 7.06. The Balaban J connectivity index is 2.72. The van der Waals surface area contributed by atoms with Gasteiger partial charge in [-0.3, -0.25) is 4.79 Å². The van der Waals surface area contributed by atoms with E-state index in [1.54, 1.807) is 6.92 Å². The largest absolute Gasteiger partial charge is 0.480 e. The molecule has 0 saturated heterocycles. The lowest BCUT2D eigenvalue weighted by Crippen LogP contribution is -2.46. The van der Waals surface area contributed by atoms with Crippen molar-refractivity contribution >= 4 is 21.8 Å². The molecule has 0 bridgehead atoms. The number of rotatable bonds is 6. The fraction of sp³-hybridized carbons (Fsp3) is 0.500. The molecule has 2 unspecified atom stereocenters. The van der Waals surface area contributed by atoms with Crippen molar-refractivity contribution in [3.63, 3.8) is 0 Å². The van der Waals surface area contributed by atoms with Gasteiger partial charge in [0.05, 0.1) is 6.61 Å². The first-order valence-corrected chi connectivity index (χ1v) is 7.06. The van der Waals surface area contributed by atoms with Crippen LogP contribution in [0.3, 0.4) is 0 Å². The smallest absolute Gasteiger partial charge is 0.261 e. The van der Waals surface area contributed by atoms with Gasteiger partial charge >= 0.3 is 0 Å². The molecule has 0 aliphatic carbocycles. The van der Waals surface area contributed by atoms with Crippen molar-refractivity contribution in [1.82, 2.24) is 5.32 Å². The summed E-state index contributed by atoms with van der Waals surface area (Å²) in [4.78, 5) is 12.1. The number of carbonyl (C=O) groups is 1. The monoisotopic (exact) mass is 329 g/mol. The van der Waals surface area contributed by atoms with E-state index in [1.165, 1.54) is 0 Å². The van der Waals surface area contributed by atoms with Crippen LogP contribution in [0, 0.1) is 5.92 Å². The van der Waals surface area contributed by atoms with Crippen molar-refractivity contribution in [3.05, 3.63) is 28.7 Å². The molecule has 0 aromatic heterocycles. The first-order chi connectivity index (χ1) is 8.93.